The molecule has 0 aliphatic heterocycles. The summed E-state index contributed by atoms with van der Waals surface area (Å²) < 4.78 is 5.91. The molecular formula is C58H105NO5. The van der Waals surface area contributed by atoms with Gasteiger partial charge in [-0.2, -0.15) is 0 Å². The van der Waals surface area contributed by atoms with Crippen LogP contribution in [0.1, 0.15) is 271 Å². The number of aliphatic hydroxyl groups is 2. The van der Waals surface area contributed by atoms with Gasteiger partial charge in [-0.15, -0.1) is 0 Å². The molecule has 1 amide bonds. The smallest absolute Gasteiger partial charge is 0.306 e. The van der Waals surface area contributed by atoms with Crippen molar-refractivity contribution in [2.75, 3.05) is 6.61 Å². The maximum absolute atomic E-state index is 13.2. The Morgan fingerprint density at radius 1 is 0.469 bits per heavy atom. The second-order valence-electron chi connectivity index (χ2n) is 18.6. The van der Waals surface area contributed by atoms with Crippen LogP contribution in [0.15, 0.2) is 60.8 Å². The zero-order valence-corrected chi connectivity index (χ0v) is 42.4. The Hall–Kier alpha value is -2.44. The highest BCUT2D eigenvalue weighted by molar-refractivity contribution is 5.77. The van der Waals surface area contributed by atoms with E-state index in [2.05, 4.69) is 86.8 Å². The van der Waals surface area contributed by atoms with Crippen molar-refractivity contribution in [1.82, 2.24) is 5.32 Å². The molecule has 0 aromatic heterocycles. The van der Waals surface area contributed by atoms with Gasteiger partial charge < -0.3 is 20.3 Å². The van der Waals surface area contributed by atoms with Crippen LogP contribution in [0.25, 0.3) is 0 Å². The standard InChI is InChI=1S/C58H105NO5/c1-4-7-10-13-16-19-22-25-27-29-30-32-35-38-41-44-47-50-56(61)55(53-60)59-57(62)52-54(49-46-43-40-37-34-24-21-18-15-12-9-6-3)64-58(63)51-48-45-42-39-36-33-31-28-26-23-20-17-14-11-8-5-2/h8,11,17,20,26,28,33,36-37,40,54-56,60-61H,4-7,9-10,12-16,18-19,21-25,27,29-32,34-35,38-39,41-53H2,1-3H3,(H,59,62)/b11-8+,20-17+,28-26+,36-33+,40-37-. The molecule has 6 nitrogen and oxygen atoms in total. The van der Waals surface area contributed by atoms with Gasteiger partial charge in [-0.05, 0) is 83.5 Å². The first-order chi connectivity index (χ1) is 31.5. The van der Waals surface area contributed by atoms with Gasteiger partial charge in [0.25, 0.3) is 0 Å². The van der Waals surface area contributed by atoms with Gasteiger partial charge >= 0.3 is 5.97 Å². The van der Waals surface area contributed by atoms with Crippen LogP contribution < -0.4 is 5.32 Å². The van der Waals surface area contributed by atoms with Gasteiger partial charge in [0.2, 0.25) is 5.91 Å². The quantitative estimate of drug-likeness (QED) is 0.0321. The van der Waals surface area contributed by atoms with E-state index >= 15 is 0 Å². The summed E-state index contributed by atoms with van der Waals surface area (Å²) in [6, 6.07) is -0.718. The fourth-order valence-electron chi connectivity index (χ4n) is 8.19. The number of ether oxygens (including phenoxy) is 1. The van der Waals surface area contributed by atoms with E-state index in [1.54, 1.807) is 0 Å². The molecule has 0 rings (SSSR count). The van der Waals surface area contributed by atoms with E-state index in [4.69, 9.17) is 4.74 Å². The average molecular weight is 896 g/mol. The molecule has 3 atom stereocenters. The van der Waals surface area contributed by atoms with Crippen LogP contribution in [-0.2, 0) is 14.3 Å². The number of aliphatic hydroxyl groups excluding tert-OH is 2. The highest BCUT2D eigenvalue weighted by atomic mass is 16.5. The molecule has 0 fully saturated rings. The third-order valence-corrected chi connectivity index (χ3v) is 12.3. The van der Waals surface area contributed by atoms with Crippen LogP contribution in [-0.4, -0.2) is 46.9 Å². The lowest BCUT2D eigenvalue weighted by molar-refractivity contribution is -0.151. The fourth-order valence-corrected chi connectivity index (χ4v) is 8.19. The van der Waals surface area contributed by atoms with Crippen LogP contribution in [0.4, 0.5) is 0 Å². The third-order valence-electron chi connectivity index (χ3n) is 12.3. The number of esters is 1. The molecule has 0 bridgehead atoms. The summed E-state index contributed by atoms with van der Waals surface area (Å²) in [7, 11) is 0. The van der Waals surface area contributed by atoms with E-state index in [-0.39, 0.29) is 24.9 Å². The van der Waals surface area contributed by atoms with Crippen molar-refractivity contribution in [3.8, 4) is 0 Å². The normalized spacial score (nSPS) is 13.6. The van der Waals surface area contributed by atoms with E-state index in [1.165, 1.54) is 135 Å². The van der Waals surface area contributed by atoms with Gasteiger partial charge in [0, 0.05) is 6.42 Å². The maximum atomic E-state index is 13.2. The van der Waals surface area contributed by atoms with Crippen molar-refractivity contribution >= 4 is 11.9 Å². The summed E-state index contributed by atoms with van der Waals surface area (Å²) >= 11 is 0. The number of allylic oxidation sites excluding steroid dienone is 10. The summed E-state index contributed by atoms with van der Waals surface area (Å²) in [5, 5.41) is 23.8. The lowest BCUT2D eigenvalue weighted by Gasteiger charge is -2.24. The highest BCUT2D eigenvalue weighted by Crippen LogP contribution is 2.17. The molecule has 0 aliphatic rings. The number of nitrogens with one attached hydrogen (secondary N) is 1. The van der Waals surface area contributed by atoms with E-state index in [0.29, 0.717) is 19.3 Å². The van der Waals surface area contributed by atoms with E-state index in [0.717, 1.165) is 89.9 Å². The first-order valence-corrected chi connectivity index (χ1v) is 27.5. The van der Waals surface area contributed by atoms with Gasteiger partial charge in [0.1, 0.15) is 6.10 Å². The summed E-state index contributed by atoms with van der Waals surface area (Å²) in [5.41, 5.74) is 0. The molecular weight excluding hydrogens is 791 g/mol. The minimum Gasteiger partial charge on any atom is -0.462 e. The molecule has 6 heteroatoms. The molecule has 3 N–H and O–H groups in total. The highest BCUT2D eigenvalue weighted by Gasteiger charge is 2.24. The first kappa shape index (κ1) is 61.6. The number of hydrogen-bond donors (Lipinski definition) is 3. The van der Waals surface area contributed by atoms with Crippen molar-refractivity contribution in [2.24, 2.45) is 0 Å². The van der Waals surface area contributed by atoms with Crippen LogP contribution in [0.3, 0.4) is 0 Å². The molecule has 0 aliphatic carbocycles. The SMILES string of the molecule is CC/C=C/C/C=C/C/C=C/C/C=C/CCCCCC(=O)OC(CCC/C=C\CCCCCCCCC)CC(=O)NC(CO)C(O)CCCCCCCCCCCCCCCCCCC. The summed E-state index contributed by atoms with van der Waals surface area (Å²) in [5.74, 6) is -0.536. The van der Waals surface area contributed by atoms with Gasteiger partial charge in [-0.1, -0.05) is 236 Å². The Kier molecular flexibility index (Phi) is 49.6. The lowest BCUT2D eigenvalue weighted by atomic mass is 10.0. The van der Waals surface area contributed by atoms with Gasteiger partial charge in [-0.25, -0.2) is 0 Å². The predicted molar refractivity (Wildman–Crippen MR) is 278 cm³/mol. The number of carbonyl (C=O) groups excluding carboxylic acids is 2. The van der Waals surface area contributed by atoms with Gasteiger partial charge in [0.15, 0.2) is 0 Å². The number of amides is 1. The Morgan fingerprint density at radius 2 is 0.859 bits per heavy atom. The largest absolute Gasteiger partial charge is 0.462 e. The molecule has 372 valence electrons. The first-order valence-electron chi connectivity index (χ1n) is 27.5. The molecule has 0 heterocycles. The molecule has 0 radical (unpaired) electrons. The zero-order chi connectivity index (χ0) is 46.7. The molecule has 0 aromatic carbocycles. The molecule has 0 aromatic rings. The Bertz CT molecular complexity index is 1140. The monoisotopic (exact) mass is 896 g/mol. The van der Waals surface area contributed by atoms with Crippen molar-refractivity contribution in [3.05, 3.63) is 60.8 Å². The number of hydrogen-bond acceptors (Lipinski definition) is 5. The fraction of sp³-hybridized carbons (Fsp3) is 0.793. The minimum atomic E-state index is -0.801. The number of rotatable bonds is 49. The minimum absolute atomic E-state index is 0.0433. The zero-order valence-electron chi connectivity index (χ0n) is 42.4. The molecule has 3 unspecified atom stereocenters. The van der Waals surface area contributed by atoms with Crippen LogP contribution >= 0.6 is 0 Å². The molecule has 0 saturated carbocycles. The summed E-state index contributed by atoms with van der Waals surface area (Å²) in [4.78, 5) is 26.2. The second kappa shape index (κ2) is 51.5. The number of carbonyl (C=O) groups is 2. The Labute approximate surface area is 397 Å². The topological polar surface area (TPSA) is 95.9 Å². The number of unbranched alkanes of at least 4 members (excludes halogenated alkanes) is 27. The van der Waals surface area contributed by atoms with Crippen LogP contribution in [0.2, 0.25) is 0 Å². The lowest BCUT2D eigenvalue weighted by Crippen LogP contribution is -2.46. The third kappa shape index (κ3) is 46.1. The van der Waals surface area contributed by atoms with E-state index in [9.17, 15) is 19.8 Å². The van der Waals surface area contributed by atoms with Crippen molar-refractivity contribution < 1.29 is 24.5 Å². The Morgan fingerprint density at radius 3 is 1.33 bits per heavy atom. The van der Waals surface area contributed by atoms with E-state index in [1.807, 2.05) is 0 Å². The maximum Gasteiger partial charge on any atom is 0.306 e. The van der Waals surface area contributed by atoms with Crippen LogP contribution in [0.5, 0.6) is 0 Å². The van der Waals surface area contributed by atoms with Gasteiger partial charge in [0.05, 0.1) is 25.2 Å². The summed E-state index contributed by atoms with van der Waals surface area (Å²) in [6.45, 7) is 6.37. The van der Waals surface area contributed by atoms with Crippen molar-refractivity contribution in [1.29, 1.82) is 0 Å². The molecule has 0 saturated heterocycles. The van der Waals surface area contributed by atoms with Crippen molar-refractivity contribution in [3.63, 3.8) is 0 Å². The molecule has 0 spiro atoms. The average Bonchev–Trinajstić information content (AvgIpc) is 3.29. The second-order valence-corrected chi connectivity index (χ2v) is 18.6. The van der Waals surface area contributed by atoms with Crippen molar-refractivity contribution in [2.45, 2.75) is 289 Å². The van der Waals surface area contributed by atoms with E-state index < -0.39 is 18.2 Å². The molecule has 64 heavy (non-hydrogen) atoms. The predicted octanol–water partition coefficient (Wildman–Crippen LogP) is 16.8. The van der Waals surface area contributed by atoms with Gasteiger partial charge in [-0.3, -0.25) is 9.59 Å². The van der Waals surface area contributed by atoms with Crippen LogP contribution in [0, 0.1) is 0 Å². The Balaban J connectivity index is 4.57. The summed E-state index contributed by atoms with van der Waals surface area (Å²) in [6.07, 6.45) is 64.3.